The van der Waals surface area contributed by atoms with Crippen molar-refractivity contribution in [1.29, 1.82) is 0 Å². The minimum atomic E-state index is -2.09. The first kappa shape index (κ1) is 39.0. The molecule has 17 nitrogen and oxygen atoms in total. The molecule has 284 valence electrons. The van der Waals surface area contributed by atoms with Gasteiger partial charge in [0.05, 0.1) is 11.0 Å². The van der Waals surface area contributed by atoms with E-state index < -0.39 is 118 Å². The average molecular weight is 778 g/mol. The maximum atomic E-state index is 14.6. The standard InChI is InChI=1S/C32H28BClF3N5O12/c34-22-17(12-19(37)24(44)25(22)45)23(28(47)39-20-10-13-2-3-18(36)21(31(50)51)26(13)54-33(20)53)40-32(52)42-7-6-41(29(48)30(42)49)5-1-4-38-27(46)14-8-15(35)11-16(43)9-14/h2-3,8-9,11-12,20,23,43-45,53H,1,4-7,10H2,(H,38,46)(H,39,47)(H,40,52)(H,50,51)/t20-,23?/m0/s1. The number of hydrogen-bond acceptors (Lipinski definition) is 11. The average Bonchev–Trinajstić information content (AvgIpc) is 3.11. The van der Waals surface area contributed by atoms with Crippen LogP contribution in [0.2, 0.25) is 5.02 Å². The summed E-state index contributed by atoms with van der Waals surface area (Å²) in [7, 11) is -1.99. The number of hydrogen-bond donors (Lipinski definition) is 8. The highest BCUT2D eigenvalue weighted by molar-refractivity contribution is 6.47. The first-order valence-electron chi connectivity index (χ1n) is 15.8. The van der Waals surface area contributed by atoms with E-state index in [0.29, 0.717) is 11.0 Å². The molecule has 5 rings (SSSR count). The summed E-state index contributed by atoms with van der Waals surface area (Å²) in [5.41, 5.74) is -1.63. The second-order valence-corrected chi connectivity index (χ2v) is 12.3. The SMILES string of the molecule is O=C(NCCCN1CCN(C(=O)NC(C(=O)N[C@H]2Cc3ccc(F)c(C(=O)O)c3OB2O)c2cc(F)c(O)c(O)c2Cl)C(=O)C1=O)c1cc(O)cc(F)c1. The van der Waals surface area contributed by atoms with Gasteiger partial charge in [0.2, 0.25) is 5.91 Å². The van der Waals surface area contributed by atoms with Gasteiger partial charge >= 0.3 is 30.9 Å². The topological polar surface area (TPSA) is 255 Å². The summed E-state index contributed by atoms with van der Waals surface area (Å²) in [5.74, 6) is -14.6. The number of carbonyl (C=O) groups is 6. The Morgan fingerprint density at radius 2 is 1.70 bits per heavy atom. The molecule has 3 aromatic rings. The lowest BCUT2D eigenvalue weighted by Gasteiger charge is -2.34. The molecule has 0 aromatic heterocycles. The molecular weight excluding hydrogens is 750 g/mol. The second kappa shape index (κ2) is 15.8. The molecule has 0 radical (unpaired) electrons. The first-order chi connectivity index (χ1) is 25.5. The van der Waals surface area contributed by atoms with Gasteiger partial charge < -0.3 is 51.0 Å². The lowest BCUT2D eigenvalue weighted by Crippen LogP contribution is -2.60. The molecule has 6 amide bonds. The fourth-order valence-electron chi connectivity index (χ4n) is 5.70. The molecule has 1 unspecified atom stereocenters. The number of aromatic hydroxyl groups is 3. The smallest absolute Gasteiger partial charge is 0.534 e. The number of phenols is 3. The van der Waals surface area contributed by atoms with Crippen LogP contribution in [0, 0.1) is 17.5 Å². The van der Waals surface area contributed by atoms with Crippen molar-refractivity contribution in [3.05, 3.63) is 81.1 Å². The molecule has 22 heteroatoms. The van der Waals surface area contributed by atoms with Crippen molar-refractivity contribution in [1.82, 2.24) is 25.8 Å². The second-order valence-electron chi connectivity index (χ2n) is 11.9. The number of imide groups is 1. The largest absolute Gasteiger partial charge is 0.547 e. The van der Waals surface area contributed by atoms with Crippen LogP contribution in [0.1, 0.15) is 44.3 Å². The molecular formula is C32H28BClF3N5O12. The van der Waals surface area contributed by atoms with Crippen LogP contribution in [0.25, 0.3) is 0 Å². The van der Waals surface area contributed by atoms with Crippen molar-refractivity contribution in [2.45, 2.75) is 24.8 Å². The number of nitrogens with zero attached hydrogens (tertiary/aromatic N) is 2. The minimum Gasteiger partial charge on any atom is -0.534 e. The summed E-state index contributed by atoms with van der Waals surface area (Å²) in [6, 6.07) is 1.76. The van der Waals surface area contributed by atoms with Crippen LogP contribution in [0.3, 0.4) is 0 Å². The number of benzene rings is 3. The van der Waals surface area contributed by atoms with E-state index in [4.69, 9.17) is 16.3 Å². The molecule has 2 aliphatic heterocycles. The number of halogens is 4. The number of fused-ring (bicyclic) bond motifs is 1. The molecule has 8 N–H and O–H groups in total. The molecule has 0 aliphatic carbocycles. The molecule has 0 saturated carbocycles. The Balaban J connectivity index is 1.28. The number of carboxylic acid groups (broad SMARTS) is 1. The Labute approximate surface area is 307 Å². The number of aromatic carboxylic acids is 1. The van der Waals surface area contributed by atoms with E-state index >= 15 is 0 Å². The molecule has 2 atom stereocenters. The van der Waals surface area contributed by atoms with Crippen LogP contribution >= 0.6 is 11.6 Å². The monoisotopic (exact) mass is 777 g/mol. The van der Waals surface area contributed by atoms with E-state index in [1.165, 1.54) is 0 Å². The molecule has 2 aliphatic rings. The zero-order valence-electron chi connectivity index (χ0n) is 27.4. The maximum Gasteiger partial charge on any atom is 0.547 e. The number of carbonyl (C=O) groups excluding carboxylic acids is 5. The number of piperazine rings is 1. The number of amides is 6. The molecule has 3 aromatic carbocycles. The van der Waals surface area contributed by atoms with E-state index in [2.05, 4.69) is 16.0 Å². The summed E-state index contributed by atoms with van der Waals surface area (Å²) in [4.78, 5) is 78.4. The Hall–Kier alpha value is -6.22. The molecule has 1 fully saturated rings. The van der Waals surface area contributed by atoms with Gasteiger partial charge in [0.1, 0.15) is 34.7 Å². The predicted molar refractivity (Wildman–Crippen MR) is 177 cm³/mol. The van der Waals surface area contributed by atoms with E-state index in [-0.39, 0.29) is 43.6 Å². The highest BCUT2D eigenvalue weighted by Gasteiger charge is 2.42. The van der Waals surface area contributed by atoms with Crippen LogP contribution in [-0.2, 0) is 20.8 Å². The van der Waals surface area contributed by atoms with Gasteiger partial charge in [0, 0.05) is 43.4 Å². The fourth-order valence-corrected chi connectivity index (χ4v) is 5.96. The molecule has 0 bridgehead atoms. The predicted octanol–water partition coefficient (Wildman–Crippen LogP) is 0.954. The number of carboxylic acids is 1. The molecule has 1 saturated heterocycles. The van der Waals surface area contributed by atoms with Crippen molar-refractivity contribution >= 4 is 54.3 Å². The summed E-state index contributed by atoms with van der Waals surface area (Å²) in [6.07, 6.45) is -0.234. The highest BCUT2D eigenvalue weighted by Crippen LogP contribution is 2.40. The van der Waals surface area contributed by atoms with Crippen LogP contribution in [0.4, 0.5) is 18.0 Å². The summed E-state index contributed by atoms with van der Waals surface area (Å²) in [6.45, 7) is -0.732. The third-order valence-electron chi connectivity index (χ3n) is 8.38. The van der Waals surface area contributed by atoms with Gasteiger partial charge in [-0.3, -0.25) is 24.1 Å². The van der Waals surface area contributed by atoms with Crippen molar-refractivity contribution in [2.75, 3.05) is 26.2 Å². The van der Waals surface area contributed by atoms with Crippen LogP contribution < -0.4 is 20.6 Å². The third kappa shape index (κ3) is 8.05. The van der Waals surface area contributed by atoms with Crippen molar-refractivity contribution in [3.8, 4) is 23.0 Å². The van der Waals surface area contributed by atoms with Gasteiger partial charge in [-0.05, 0) is 42.7 Å². The maximum absolute atomic E-state index is 14.6. The van der Waals surface area contributed by atoms with E-state index in [1.807, 2.05) is 0 Å². The molecule has 54 heavy (non-hydrogen) atoms. The lowest BCUT2D eigenvalue weighted by molar-refractivity contribution is -0.153. The zero-order chi connectivity index (χ0) is 39.6. The van der Waals surface area contributed by atoms with Crippen LogP contribution in [-0.4, -0.2) is 110 Å². The number of rotatable bonds is 10. The quantitative estimate of drug-likeness (QED) is 0.0620. The fraction of sp³-hybridized carbons (Fsp3) is 0.250. The summed E-state index contributed by atoms with van der Waals surface area (Å²) < 4.78 is 47.5. The zero-order valence-corrected chi connectivity index (χ0v) is 28.2. The Morgan fingerprint density at radius 3 is 2.39 bits per heavy atom. The highest BCUT2D eigenvalue weighted by atomic mass is 35.5. The minimum absolute atomic E-state index is 0.0320. The third-order valence-corrected chi connectivity index (χ3v) is 8.77. The van der Waals surface area contributed by atoms with E-state index in [0.717, 1.165) is 35.2 Å². The van der Waals surface area contributed by atoms with Gasteiger partial charge in [0.25, 0.3) is 5.91 Å². The first-order valence-corrected chi connectivity index (χ1v) is 16.1. The van der Waals surface area contributed by atoms with Gasteiger partial charge in [-0.25, -0.2) is 22.8 Å². The molecule has 0 spiro atoms. The van der Waals surface area contributed by atoms with Gasteiger partial charge in [-0.1, -0.05) is 17.7 Å². The summed E-state index contributed by atoms with van der Waals surface area (Å²) in [5, 5.41) is 55.6. The van der Waals surface area contributed by atoms with Gasteiger partial charge in [0.15, 0.2) is 17.3 Å². The Bertz CT molecular complexity index is 2060. The lowest BCUT2D eigenvalue weighted by atomic mass is 9.72. The summed E-state index contributed by atoms with van der Waals surface area (Å²) >= 11 is 6.11. The van der Waals surface area contributed by atoms with Crippen molar-refractivity contribution in [3.63, 3.8) is 0 Å². The number of phenolic OH excluding ortho intramolecular Hbond substituents is 3. The van der Waals surface area contributed by atoms with E-state index in [1.54, 1.807) is 0 Å². The van der Waals surface area contributed by atoms with Gasteiger partial charge in [-0.15, -0.1) is 0 Å². The van der Waals surface area contributed by atoms with Gasteiger partial charge in [-0.2, -0.15) is 0 Å². The Morgan fingerprint density at radius 1 is 0.981 bits per heavy atom. The normalized spacial score (nSPS) is 15.9. The van der Waals surface area contributed by atoms with E-state index in [9.17, 15) is 67.4 Å². The van der Waals surface area contributed by atoms with Crippen molar-refractivity contribution in [2.24, 2.45) is 0 Å². The number of urea groups is 1. The number of nitrogens with one attached hydrogen (secondary N) is 3. The van der Waals surface area contributed by atoms with Crippen LogP contribution in [0.5, 0.6) is 23.0 Å². The Kier molecular flexibility index (Phi) is 11.4. The van der Waals surface area contributed by atoms with Crippen molar-refractivity contribution < 1.29 is 72.0 Å². The van der Waals surface area contributed by atoms with Crippen LogP contribution in [0.15, 0.2) is 36.4 Å². The molecule has 2 heterocycles.